The summed E-state index contributed by atoms with van der Waals surface area (Å²) in [7, 11) is 1.96. The lowest BCUT2D eigenvalue weighted by molar-refractivity contribution is 0.253. The van der Waals surface area contributed by atoms with Crippen LogP contribution in [0.4, 0.5) is 0 Å². The molecule has 1 fully saturated rings. The van der Waals surface area contributed by atoms with Gasteiger partial charge in [-0.05, 0) is 38.3 Å². The second kappa shape index (κ2) is 6.28. The number of hydrogen-bond acceptors (Lipinski definition) is 5. The van der Waals surface area contributed by atoms with Crippen molar-refractivity contribution in [3.63, 3.8) is 0 Å². The van der Waals surface area contributed by atoms with Crippen molar-refractivity contribution in [3.05, 3.63) is 34.1 Å². The molecule has 0 saturated heterocycles. The first-order chi connectivity index (χ1) is 10.2. The van der Waals surface area contributed by atoms with Crippen LogP contribution in [0.2, 0.25) is 0 Å². The third kappa shape index (κ3) is 2.90. The first kappa shape index (κ1) is 14.7. The molecule has 1 aliphatic rings. The molecule has 2 aromatic rings. The molecule has 5 heteroatoms. The Balaban J connectivity index is 1.90. The Hall–Kier alpha value is -1.20. The van der Waals surface area contributed by atoms with Gasteiger partial charge in [0.15, 0.2) is 5.82 Å². The lowest BCUT2D eigenvalue weighted by Gasteiger charge is -2.32. The standard InChI is InChI=1S/C16H23N3OS/c1-12(17-2)11-14-18-15(20-19-14)16(8-4-3-5-9-16)13-7-6-10-21-13/h6-7,10,12,17H,3-5,8-9,11H2,1-2H3. The second-order valence-corrected chi connectivity index (χ2v) is 6.98. The molecule has 0 spiro atoms. The van der Waals surface area contributed by atoms with Gasteiger partial charge in [0.25, 0.3) is 0 Å². The molecule has 4 nitrogen and oxygen atoms in total. The minimum atomic E-state index is -0.0411. The smallest absolute Gasteiger partial charge is 0.238 e. The molecule has 2 heterocycles. The maximum absolute atomic E-state index is 5.69. The number of thiophene rings is 1. The highest BCUT2D eigenvalue weighted by Crippen LogP contribution is 2.45. The number of likely N-dealkylation sites (N-methyl/N-ethyl adjacent to an activating group) is 1. The zero-order valence-electron chi connectivity index (χ0n) is 12.8. The van der Waals surface area contributed by atoms with Gasteiger partial charge in [-0.15, -0.1) is 11.3 Å². The van der Waals surface area contributed by atoms with E-state index in [0.29, 0.717) is 6.04 Å². The predicted octanol–water partition coefficient (Wildman–Crippen LogP) is 3.53. The Labute approximate surface area is 130 Å². The molecule has 3 rings (SSSR count). The highest BCUT2D eigenvalue weighted by Gasteiger charge is 2.41. The molecule has 0 bridgehead atoms. The summed E-state index contributed by atoms with van der Waals surface area (Å²) in [6.07, 6.45) is 6.84. The van der Waals surface area contributed by atoms with E-state index in [1.165, 1.54) is 24.1 Å². The van der Waals surface area contributed by atoms with E-state index in [1.807, 2.05) is 18.4 Å². The van der Waals surface area contributed by atoms with Crippen LogP contribution in [0, 0.1) is 0 Å². The molecule has 1 atom stereocenters. The largest absolute Gasteiger partial charge is 0.338 e. The van der Waals surface area contributed by atoms with Gasteiger partial charge in [-0.25, -0.2) is 0 Å². The first-order valence-corrected chi connectivity index (χ1v) is 8.67. The molecule has 0 aromatic carbocycles. The number of aromatic nitrogens is 2. The summed E-state index contributed by atoms with van der Waals surface area (Å²) < 4.78 is 5.69. The summed E-state index contributed by atoms with van der Waals surface area (Å²) in [6.45, 7) is 2.13. The Bertz CT molecular complexity index is 558. The Morgan fingerprint density at radius 3 is 2.86 bits per heavy atom. The van der Waals surface area contributed by atoms with Gasteiger partial charge in [-0.1, -0.05) is 30.5 Å². The van der Waals surface area contributed by atoms with E-state index in [1.54, 1.807) is 0 Å². The Morgan fingerprint density at radius 1 is 1.38 bits per heavy atom. The average Bonchev–Trinajstić information content (AvgIpc) is 3.20. The van der Waals surface area contributed by atoms with Crippen molar-refractivity contribution in [1.82, 2.24) is 15.5 Å². The lowest BCUT2D eigenvalue weighted by atomic mass is 9.73. The zero-order chi connectivity index (χ0) is 14.7. The van der Waals surface area contributed by atoms with Crippen molar-refractivity contribution in [3.8, 4) is 0 Å². The highest BCUT2D eigenvalue weighted by atomic mass is 32.1. The van der Waals surface area contributed by atoms with Crippen molar-refractivity contribution in [2.24, 2.45) is 0 Å². The number of rotatable bonds is 5. The van der Waals surface area contributed by atoms with Crippen molar-refractivity contribution in [2.45, 2.75) is 56.9 Å². The molecule has 21 heavy (non-hydrogen) atoms. The summed E-state index contributed by atoms with van der Waals surface area (Å²) in [5.74, 6) is 1.64. The molecule has 1 saturated carbocycles. The van der Waals surface area contributed by atoms with Gasteiger partial charge in [-0.3, -0.25) is 0 Å². The third-order valence-electron chi connectivity index (χ3n) is 4.56. The molecule has 2 aromatic heterocycles. The zero-order valence-corrected chi connectivity index (χ0v) is 13.6. The lowest BCUT2D eigenvalue weighted by Crippen LogP contribution is -2.30. The topological polar surface area (TPSA) is 51.0 Å². The van der Waals surface area contributed by atoms with E-state index in [9.17, 15) is 0 Å². The van der Waals surface area contributed by atoms with Crippen LogP contribution in [0.15, 0.2) is 22.0 Å². The van der Waals surface area contributed by atoms with Crippen LogP contribution >= 0.6 is 11.3 Å². The van der Waals surface area contributed by atoms with E-state index in [2.05, 4.69) is 34.9 Å². The number of nitrogens with zero attached hydrogens (tertiary/aromatic N) is 2. The van der Waals surface area contributed by atoms with Crippen LogP contribution in [-0.2, 0) is 11.8 Å². The monoisotopic (exact) mass is 305 g/mol. The molecular weight excluding hydrogens is 282 g/mol. The maximum Gasteiger partial charge on any atom is 0.238 e. The van der Waals surface area contributed by atoms with E-state index in [0.717, 1.165) is 31.0 Å². The number of nitrogens with one attached hydrogen (secondary N) is 1. The van der Waals surface area contributed by atoms with Gasteiger partial charge in [0, 0.05) is 17.3 Å². The van der Waals surface area contributed by atoms with Crippen LogP contribution in [0.25, 0.3) is 0 Å². The van der Waals surface area contributed by atoms with Crippen molar-refractivity contribution < 1.29 is 4.52 Å². The molecule has 0 amide bonds. The minimum absolute atomic E-state index is 0.0411. The van der Waals surface area contributed by atoms with Crippen LogP contribution in [0.3, 0.4) is 0 Å². The van der Waals surface area contributed by atoms with Gasteiger partial charge in [0.05, 0.1) is 5.41 Å². The number of hydrogen-bond donors (Lipinski definition) is 1. The Kier molecular flexibility index (Phi) is 4.40. The van der Waals surface area contributed by atoms with Crippen LogP contribution in [0.5, 0.6) is 0 Å². The fraction of sp³-hybridized carbons (Fsp3) is 0.625. The van der Waals surface area contributed by atoms with Gasteiger partial charge >= 0.3 is 0 Å². The van der Waals surface area contributed by atoms with Crippen molar-refractivity contribution in [1.29, 1.82) is 0 Å². The molecule has 0 aliphatic heterocycles. The second-order valence-electron chi connectivity index (χ2n) is 6.03. The summed E-state index contributed by atoms with van der Waals surface area (Å²) in [5.41, 5.74) is -0.0411. The van der Waals surface area contributed by atoms with Gasteiger partial charge in [0.1, 0.15) is 0 Å². The fourth-order valence-corrected chi connectivity index (χ4v) is 4.16. The molecule has 1 unspecified atom stereocenters. The fourth-order valence-electron chi connectivity index (χ4n) is 3.18. The summed E-state index contributed by atoms with van der Waals surface area (Å²) in [4.78, 5) is 6.11. The van der Waals surface area contributed by atoms with Gasteiger partial charge < -0.3 is 9.84 Å². The molecular formula is C16H23N3OS. The van der Waals surface area contributed by atoms with Crippen LogP contribution < -0.4 is 5.32 Å². The third-order valence-corrected chi connectivity index (χ3v) is 5.63. The van der Waals surface area contributed by atoms with Gasteiger partial charge in [0.2, 0.25) is 5.89 Å². The summed E-state index contributed by atoms with van der Waals surface area (Å²) in [6, 6.07) is 4.70. The SMILES string of the molecule is CNC(C)Cc1noc(C2(c3cccs3)CCCCC2)n1. The molecule has 0 radical (unpaired) electrons. The molecule has 1 aliphatic carbocycles. The van der Waals surface area contributed by atoms with Gasteiger partial charge in [-0.2, -0.15) is 4.98 Å². The normalized spacial score (nSPS) is 19.5. The average molecular weight is 305 g/mol. The van der Waals surface area contributed by atoms with E-state index >= 15 is 0 Å². The van der Waals surface area contributed by atoms with Crippen molar-refractivity contribution >= 4 is 11.3 Å². The summed E-state index contributed by atoms with van der Waals surface area (Å²) >= 11 is 1.81. The molecule has 1 N–H and O–H groups in total. The van der Waals surface area contributed by atoms with Crippen LogP contribution in [0.1, 0.15) is 55.6 Å². The molecule has 114 valence electrons. The first-order valence-electron chi connectivity index (χ1n) is 7.79. The van der Waals surface area contributed by atoms with E-state index < -0.39 is 0 Å². The predicted molar refractivity (Wildman–Crippen MR) is 84.7 cm³/mol. The summed E-state index contributed by atoms with van der Waals surface area (Å²) in [5, 5.41) is 9.58. The quantitative estimate of drug-likeness (QED) is 0.918. The Morgan fingerprint density at radius 2 is 2.19 bits per heavy atom. The van der Waals surface area contributed by atoms with Crippen LogP contribution in [-0.4, -0.2) is 23.2 Å². The maximum atomic E-state index is 5.69. The van der Waals surface area contributed by atoms with E-state index in [4.69, 9.17) is 9.51 Å². The highest BCUT2D eigenvalue weighted by molar-refractivity contribution is 7.10. The minimum Gasteiger partial charge on any atom is -0.338 e. The van der Waals surface area contributed by atoms with E-state index in [-0.39, 0.29) is 5.41 Å². The van der Waals surface area contributed by atoms with Crippen molar-refractivity contribution in [2.75, 3.05) is 7.05 Å².